The molecule has 0 aromatic heterocycles. The van der Waals surface area contributed by atoms with Crippen molar-refractivity contribution in [3.63, 3.8) is 0 Å². The number of hydrogen-bond acceptors (Lipinski definition) is 1. The molecule has 28 valence electrons. The molecule has 0 atom stereocenters. The summed E-state index contributed by atoms with van der Waals surface area (Å²) >= 11 is 4.07. The van der Waals surface area contributed by atoms with Crippen molar-refractivity contribution in [1.82, 2.24) is 0 Å². The van der Waals surface area contributed by atoms with E-state index in [1.165, 1.54) is 11.8 Å². The summed E-state index contributed by atoms with van der Waals surface area (Å²) in [7, 11) is 0. The van der Waals surface area contributed by atoms with E-state index < -0.39 is 0 Å². The van der Waals surface area contributed by atoms with E-state index in [1.807, 2.05) is 6.26 Å². The van der Waals surface area contributed by atoms with Gasteiger partial charge in [0.1, 0.15) is 0 Å². The van der Waals surface area contributed by atoms with Crippen LogP contribution in [0.25, 0.3) is 0 Å². The quantitative estimate of drug-likeness (QED) is 0.275. The minimum atomic E-state index is 0. The Balaban J connectivity index is 0. The van der Waals surface area contributed by atoms with Gasteiger partial charge in [0.25, 0.3) is 0 Å². The fourth-order valence-electron chi connectivity index (χ4n) is 0.0417. The molecule has 3 heteroatoms. The van der Waals surface area contributed by atoms with Crippen molar-refractivity contribution in [3.8, 4) is 10.1 Å². The maximum absolute atomic E-state index is 2.72. The first-order valence-electron chi connectivity index (χ1n) is 1.07. The van der Waals surface area contributed by atoms with Gasteiger partial charge in [-0.05, 0) is 0 Å². The number of hydrogen-bond donors (Lipinski definition) is 0. The molecule has 0 aromatic rings. The van der Waals surface area contributed by atoms with E-state index in [0.29, 0.717) is 0 Å². The summed E-state index contributed by atoms with van der Waals surface area (Å²) in [5, 5.41) is 2.72. The molecule has 0 N–H and O–H groups in total. The predicted molar refractivity (Wildman–Crippen MR) is 27.0 cm³/mol. The molecule has 0 saturated heterocycles. The Morgan fingerprint density at radius 3 is 2.17 bits per heavy atom. The molecule has 0 aliphatic heterocycles. The van der Waals surface area contributed by atoms with Crippen LogP contribution in [-0.4, -0.2) is 22.3 Å². The smallest absolute Gasteiger partial charge is 1.00 e. The monoisotopic (exact) mass is 158 g/mol. The topological polar surface area (TPSA) is 0 Å². The molecule has 0 rings (SSSR count). The standard InChI is InChI=1S/C3H4SSe.Li/c1-4-2-3-5;/h5H,1H3;/q;+1/p-1. The molecule has 0 aliphatic rings. The van der Waals surface area contributed by atoms with Crippen molar-refractivity contribution in [2.24, 2.45) is 0 Å². The van der Waals surface area contributed by atoms with Crippen LogP contribution in [0.3, 0.4) is 0 Å². The average Bonchev–Trinajstić information content (AvgIpc) is 1.41. The summed E-state index contributed by atoms with van der Waals surface area (Å²) in [6.45, 7) is 0. The Morgan fingerprint density at radius 2 is 2.17 bits per heavy atom. The second-order valence-electron chi connectivity index (χ2n) is 0.408. The normalized spacial score (nSPS) is 4.17. The zero-order chi connectivity index (χ0) is 4.12. The largest absolute Gasteiger partial charge is 1.00 e. The third kappa shape index (κ3) is 8.90. The molecule has 0 amide bonds. The van der Waals surface area contributed by atoms with E-state index >= 15 is 0 Å². The van der Waals surface area contributed by atoms with E-state index in [2.05, 4.69) is 26.1 Å². The summed E-state index contributed by atoms with van der Waals surface area (Å²) in [5.74, 6) is 0. The number of rotatable bonds is 0. The summed E-state index contributed by atoms with van der Waals surface area (Å²) in [5.41, 5.74) is 0. The molecule has 0 nitrogen and oxygen atoms in total. The fraction of sp³-hybridized carbons (Fsp3) is 0.333. The van der Waals surface area contributed by atoms with Gasteiger partial charge in [-0.15, -0.1) is 0 Å². The molecule has 0 fully saturated rings. The number of thioether (sulfide) groups is 1. The Hall–Kier alpha value is 1.03. The minimum absolute atomic E-state index is 0. The van der Waals surface area contributed by atoms with Crippen LogP contribution in [0, 0.1) is 10.1 Å². The van der Waals surface area contributed by atoms with Gasteiger partial charge < -0.3 is 0 Å². The van der Waals surface area contributed by atoms with Gasteiger partial charge in [0.05, 0.1) is 0 Å². The maximum Gasteiger partial charge on any atom is 1.00 e. The van der Waals surface area contributed by atoms with Crippen LogP contribution < -0.4 is 18.9 Å². The Bertz CT molecular complexity index is 62.9. The van der Waals surface area contributed by atoms with Crippen LogP contribution in [-0.2, 0) is 0 Å². The van der Waals surface area contributed by atoms with E-state index in [-0.39, 0.29) is 18.9 Å². The third-order valence-corrected chi connectivity index (χ3v) is 0.956. The van der Waals surface area contributed by atoms with Crippen molar-refractivity contribution in [1.29, 1.82) is 0 Å². The van der Waals surface area contributed by atoms with E-state index in [1.54, 1.807) is 0 Å². The van der Waals surface area contributed by atoms with Gasteiger partial charge in [-0.3, -0.25) is 0 Å². The van der Waals surface area contributed by atoms with Crippen molar-refractivity contribution < 1.29 is 18.9 Å². The summed E-state index contributed by atoms with van der Waals surface area (Å²) in [4.78, 5) is 2.61. The maximum atomic E-state index is 2.72. The fourth-order valence-corrected chi connectivity index (χ4v) is 0.650. The third-order valence-electron chi connectivity index (χ3n) is 0.144. The summed E-state index contributed by atoms with van der Waals surface area (Å²) < 4.78 is 0. The predicted octanol–water partition coefficient (Wildman–Crippen LogP) is -2.56. The van der Waals surface area contributed by atoms with Crippen LogP contribution in [0.15, 0.2) is 0 Å². The van der Waals surface area contributed by atoms with E-state index in [4.69, 9.17) is 0 Å². The van der Waals surface area contributed by atoms with Crippen LogP contribution >= 0.6 is 11.8 Å². The molecule has 0 aromatic carbocycles. The first kappa shape index (κ1) is 10.1. The van der Waals surface area contributed by atoms with Crippen molar-refractivity contribution in [3.05, 3.63) is 0 Å². The zero-order valence-corrected chi connectivity index (χ0v) is 6.35. The zero-order valence-electron chi connectivity index (χ0n) is 3.82. The molecular formula is C3H3LiSSe. The summed E-state index contributed by atoms with van der Waals surface area (Å²) in [6, 6.07) is 0. The molecular weight excluding hydrogens is 154 g/mol. The van der Waals surface area contributed by atoms with Gasteiger partial charge in [0, 0.05) is 0 Å². The average molecular weight is 157 g/mol. The van der Waals surface area contributed by atoms with Gasteiger partial charge in [-0.2, -0.15) is 0 Å². The molecule has 0 aliphatic carbocycles. The Morgan fingerprint density at radius 1 is 1.67 bits per heavy atom. The SMILES string of the molecule is CSC#C[Se-].[Li+]. The molecule has 0 bridgehead atoms. The second kappa shape index (κ2) is 9.39. The van der Waals surface area contributed by atoms with E-state index in [9.17, 15) is 0 Å². The van der Waals surface area contributed by atoms with Crippen LogP contribution in [0.4, 0.5) is 0 Å². The van der Waals surface area contributed by atoms with Crippen molar-refractivity contribution in [2.45, 2.75) is 0 Å². The van der Waals surface area contributed by atoms with Crippen LogP contribution in [0.1, 0.15) is 0 Å². The van der Waals surface area contributed by atoms with Crippen molar-refractivity contribution >= 4 is 27.8 Å². The molecule has 0 heterocycles. The first-order chi connectivity index (χ1) is 2.41. The van der Waals surface area contributed by atoms with Gasteiger partial charge in [0.2, 0.25) is 0 Å². The van der Waals surface area contributed by atoms with E-state index in [0.717, 1.165) is 0 Å². The molecule has 0 saturated carbocycles. The molecule has 0 spiro atoms. The summed E-state index contributed by atoms with van der Waals surface area (Å²) in [6.07, 6.45) is 1.93. The van der Waals surface area contributed by atoms with Crippen molar-refractivity contribution in [2.75, 3.05) is 6.26 Å². The van der Waals surface area contributed by atoms with Gasteiger partial charge >= 0.3 is 63.0 Å². The molecule has 0 radical (unpaired) electrons. The Kier molecular flexibility index (Phi) is 15.8. The molecule has 0 unspecified atom stereocenters. The molecule has 6 heavy (non-hydrogen) atoms. The van der Waals surface area contributed by atoms with Gasteiger partial charge in [0.15, 0.2) is 0 Å². The minimum Gasteiger partial charge on any atom is 1.00 e. The van der Waals surface area contributed by atoms with Gasteiger partial charge in [-0.25, -0.2) is 0 Å². The second-order valence-corrected chi connectivity index (χ2v) is 1.45. The van der Waals surface area contributed by atoms with Crippen LogP contribution in [0.5, 0.6) is 0 Å². The van der Waals surface area contributed by atoms with Crippen LogP contribution in [0.2, 0.25) is 0 Å². The Labute approximate surface area is 62.8 Å². The van der Waals surface area contributed by atoms with Gasteiger partial charge in [-0.1, -0.05) is 0 Å². The first-order valence-corrected chi connectivity index (χ1v) is 3.15.